The average molecular weight is 823 g/mol. The van der Waals surface area contributed by atoms with Crippen LogP contribution in [0.1, 0.15) is 73.9 Å². The van der Waals surface area contributed by atoms with Gasteiger partial charge in [-0.1, -0.05) is 12.2 Å². The molecular weight excluding hydrogens is 777 g/mol. The fraction of sp³-hybridized carbons (Fsp3) is 0.395. The Kier molecular flexibility index (Phi) is 12.2. The molecule has 0 bridgehead atoms. The number of pyridine rings is 1. The Balaban J connectivity index is 1.22. The van der Waals surface area contributed by atoms with Gasteiger partial charge in [-0.2, -0.15) is 10.2 Å². The molecule has 0 aliphatic carbocycles. The maximum atomic E-state index is 13.7. The number of rotatable bonds is 17. The third-order valence-corrected chi connectivity index (χ3v) is 9.69. The summed E-state index contributed by atoms with van der Waals surface area (Å²) in [6.07, 6.45) is 5.68. The standard InChI is InChI=1S/C38H46N16O6/c1-5-53-33(42-22(3)48-53)35(57)46-37-44-26-18-24(30(39)55)20-28(60-15-9-10-50-13-16-59-17-14-50)29(26)51(37)11-7-8-12-52-32-27(19-25(21-41-32)31(40)56)45-38(52)47-36(58)34-43-23(4)49-54(34)6-2/h7-8,18-21H,5-6,9-17H2,1-4H3,(H2,39,55)(H2,40,56)(H,44,46,57)(H,45,47,58)/b8-7+. The number of amides is 4. The maximum absolute atomic E-state index is 13.7. The van der Waals surface area contributed by atoms with Crippen LogP contribution in [-0.2, 0) is 30.9 Å². The van der Waals surface area contributed by atoms with Gasteiger partial charge in [0.2, 0.25) is 35.4 Å². The summed E-state index contributed by atoms with van der Waals surface area (Å²) in [4.78, 5) is 76.3. The van der Waals surface area contributed by atoms with Crippen molar-refractivity contribution in [1.29, 1.82) is 0 Å². The number of ether oxygens (including phenoxy) is 2. The Morgan fingerprint density at radius 1 is 0.783 bits per heavy atom. The van der Waals surface area contributed by atoms with E-state index >= 15 is 0 Å². The Hall–Kier alpha value is -7.07. The Bertz CT molecular complexity index is 2610. The minimum atomic E-state index is -0.681. The number of fused-ring (bicyclic) bond motifs is 2. The highest BCUT2D eigenvalue weighted by Gasteiger charge is 2.24. The zero-order valence-electron chi connectivity index (χ0n) is 33.7. The second-order valence-corrected chi connectivity index (χ2v) is 13.9. The molecule has 60 heavy (non-hydrogen) atoms. The molecule has 314 valence electrons. The number of morpholine rings is 1. The molecule has 1 fully saturated rings. The number of nitrogens with zero attached hydrogens (tertiary/aromatic N) is 12. The summed E-state index contributed by atoms with van der Waals surface area (Å²) in [6.45, 7) is 12.4. The van der Waals surface area contributed by atoms with Crippen LogP contribution in [-0.4, -0.2) is 122 Å². The smallest absolute Gasteiger partial charge is 0.295 e. The molecule has 5 aromatic heterocycles. The number of aromatic nitrogens is 11. The second kappa shape index (κ2) is 17.8. The van der Waals surface area contributed by atoms with E-state index in [1.807, 2.05) is 26.0 Å². The molecule has 1 aliphatic rings. The van der Waals surface area contributed by atoms with Gasteiger partial charge in [-0.05, 0) is 52.3 Å². The normalized spacial score (nSPS) is 13.4. The van der Waals surface area contributed by atoms with Crippen molar-refractivity contribution in [2.45, 2.75) is 60.3 Å². The summed E-state index contributed by atoms with van der Waals surface area (Å²) in [7, 11) is 0. The maximum Gasteiger partial charge on any atom is 0.295 e. The van der Waals surface area contributed by atoms with Crippen LogP contribution in [0.5, 0.6) is 5.75 Å². The first-order valence-corrected chi connectivity index (χ1v) is 19.5. The molecule has 6 aromatic rings. The number of nitrogens with one attached hydrogen (secondary N) is 2. The SMILES string of the molecule is CCn1nc(C)nc1C(=O)Nc1nc2cc(C(N)=O)cnc2n1C/C=C/Cn1c(NC(=O)c2nc(C)nn2CC)nc2cc(C(N)=O)cc(OCCCN3CCOCC3)c21. The molecule has 7 rings (SSSR count). The average Bonchev–Trinajstić information content (AvgIpc) is 4.00. The predicted molar refractivity (Wildman–Crippen MR) is 218 cm³/mol. The lowest BCUT2D eigenvalue weighted by Crippen LogP contribution is -2.37. The van der Waals surface area contributed by atoms with Gasteiger partial charge in [0.15, 0.2) is 5.65 Å². The van der Waals surface area contributed by atoms with E-state index in [2.05, 4.69) is 45.7 Å². The van der Waals surface area contributed by atoms with Gasteiger partial charge < -0.3 is 25.5 Å². The number of carbonyl (C=O) groups excluding carboxylic acids is 4. The fourth-order valence-corrected chi connectivity index (χ4v) is 6.83. The number of imidazole rings is 2. The Labute approximate surface area is 342 Å². The molecular formula is C38H46N16O6. The number of anilines is 2. The van der Waals surface area contributed by atoms with Crippen LogP contribution in [0.3, 0.4) is 0 Å². The lowest BCUT2D eigenvalue weighted by Gasteiger charge is -2.26. The molecule has 22 heteroatoms. The first kappa shape index (κ1) is 41.1. The number of benzene rings is 1. The lowest BCUT2D eigenvalue weighted by atomic mass is 10.1. The third-order valence-electron chi connectivity index (χ3n) is 9.69. The first-order chi connectivity index (χ1) is 28.9. The van der Waals surface area contributed by atoms with Crippen molar-refractivity contribution in [2.75, 3.05) is 50.1 Å². The van der Waals surface area contributed by atoms with Gasteiger partial charge in [0, 0.05) is 57.6 Å². The van der Waals surface area contributed by atoms with E-state index in [9.17, 15) is 19.2 Å². The summed E-state index contributed by atoms with van der Waals surface area (Å²) in [5.41, 5.74) is 13.2. The number of carbonyl (C=O) groups is 4. The summed E-state index contributed by atoms with van der Waals surface area (Å²) >= 11 is 0. The minimum absolute atomic E-state index is 0.0995. The van der Waals surface area contributed by atoms with Crippen LogP contribution in [0.15, 0.2) is 36.5 Å². The molecule has 4 amide bonds. The number of primary amides is 2. The number of allylic oxidation sites excluding steroid dienone is 2. The van der Waals surface area contributed by atoms with E-state index in [0.29, 0.717) is 78.9 Å². The number of hydrogen-bond acceptors (Lipinski definition) is 14. The first-order valence-electron chi connectivity index (χ1n) is 19.5. The highest BCUT2D eigenvalue weighted by atomic mass is 16.5. The van der Waals surface area contributed by atoms with E-state index in [4.69, 9.17) is 25.9 Å². The highest BCUT2D eigenvalue weighted by molar-refractivity contribution is 6.04. The van der Waals surface area contributed by atoms with Crippen LogP contribution < -0.4 is 26.8 Å². The molecule has 22 nitrogen and oxygen atoms in total. The largest absolute Gasteiger partial charge is 0.491 e. The molecule has 1 saturated heterocycles. The Morgan fingerprint density at radius 2 is 1.35 bits per heavy atom. The van der Waals surface area contributed by atoms with Crippen molar-refractivity contribution in [3.63, 3.8) is 0 Å². The van der Waals surface area contributed by atoms with Gasteiger partial charge in [-0.15, -0.1) is 0 Å². The van der Waals surface area contributed by atoms with Crippen molar-refractivity contribution in [2.24, 2.45) is 11.5 Å². The number of hydrogen-bond donors (Lipinski definition) is 4. The van der Waals surface area contributed by atoms with E-state index in [-0.39, 0.29) is 47.8 Å². The van der Waals surface area contributed by atoms with Gasteiger partial charge in [0.1, 0.15) is 28.4 Å². The van der Waals surface area contributed by atoms with E-state index in [1.165, 1.54) is 21.6 Å². The quantitative estimate of drug-likeness (QED) is 0.0753. The van der Waals surface area contributed by atoms with Crippen LogP contribution in [0, 0.1) is 13.8 Å². The van der Waals surface area contributed by atoms with Gasteiger partial charge in [-0.3, -0.25) is 39.3 Å². The number of aryl methyl sites for hydroxylation is 4. The summed E-state index contributed by atoms with van der Waals surface area (Å²) in [5.74, 6) is -0.718. The van der Waals surface area contributed by atoms with E-state index < -0.39 is 23.6 Å². The summed E-state index contributed by atoms with van der Waals surface area (Å²) in [5, 5.41) is 14.3. The van der Waals surface area contributed by atoms with Crippen molar-refractivity contribution >= 4 is 57.7 Å². The second-order valence-electron chi connectivity index (χ2n) is 13.9. The molecule has 0 atom stereocenters. The Morgan fingerprint density at radius 3 is 1.95 bits per heavy atom. The van der Waals surface area contributed by atoms with Crippen molar-refractivity contribution in [3.05, 3.63) is 71.0 Å². The molecule has 0 spiro atoms. The monoisotopic (exact) mass is 822 g/mol. The van der Waals surface area contributed by atoms with Gasteiger partial charge in [0.25, 0.3) is 11.8 Å². The third kappa shape index (κ3) is 8.83. The van der Waals surface area contributed by atoms with Crippen molar-refractivity contribution < 1.29 is 28.7 Å². The minimum Gasteiger partial charge on any atom is -0.491 e. The molecule has 6 N–H and O–H groups in total. The number of nitrogens with two attached hydrogens (primary N) is 2. The van der Waals surface area contributed by atoms with E-state index in [1.54, 1.807) is 35.1 Å². The predicted octanol–water partition coefficient (Wildman–Crippen LogP) is 1.68. The topological polar surface area (TPSA) is 276 Å². The van der Waals surface area contributed by atoms with Crippen LogP contribution in [0.2, 0.25) is 0 Å². The highest BCUT2D eigenvalue weighted by Crippen LogP contribution is 2.32. The van der Waals surface area contributed by atoms with Gasteiger partial charge in [0.05, 0.1) is 30.9 Å². The summed E-state index contributed by atoms with van der Waals surface area (Å²) in [6, 6.07) is 4.62. The lowest BCUT2D eigenvalue weighted by molar-refractivity contribution is 0.0358. The van der Waals surface area contributed by atoms with Crippen molar-refractivity contribution in [1.82, 2.24) is 58.5 Å². The molecule has 0 unspecified atom stereocenters. The molecule has 6 heterocycles. The van der Waals surface area contributed by atoms with Crippen LogP contribution >= 0.6 is 0 Å². The zero-order chi connectivity index (χ0) is 42.5. The molecule has 0 saturated carbocycles. The summed E-state index contributed by atoms with van der Waals surface area (Å²) < 4.78 is 18.2. The zero-order valence-corrected chi connectivity index (χ0v) is 33.7. The van der Waals surface area contributed by atoms with Crippen LogP contribution in [0.25, 0.3) is 22.2 Å². The molecule has 1 aromatic carbocycles. The molecule has 0 radical (unpaired) electrons. The molecule has 1 aliphatic heterocycles. The van der Waals surface area contributed by atoms with Gasteiger partial charge in [-0.25, -0.2) is 34.3 Å². The van der Waals surface area contributed by atoms with Crippen molar-refractivity contribution in [3.8, 4) is 5.75 Å². The van der Waals surface area contributed by atoms with Gasteiger partial charge >= 0.3 is 0 Å². The fourth-order valence-electron chi connectivity index (χ4n) is 6.83. The van der Waals surface area contributed by atoms with E-state index in [0.717, 1.165) is 19.6 Å². The van der Waals surface area contributed by atoms with Crippen LogP contribution in [0.4, 0.5) is 11.9 Å².